The summed E-state index contributed by atoms with van der Waals surface area (Å²) in [5, 5.41) is 2.75. The van der Waals surface area contributed by atoms with Gasteiger partial charge in [-0.2, -0.15) is 0 Å². The zero-order valence-electron chi connectivity index (χ0n) is 8.48. The Morgan fingerprint density at radius 2 is 2.00 bits per heavy atom. The molecule has 0 aromatic carbocycles. The van der Waals surface area contributed by atoms with Crippen molar-refractivity contribution in [2.24, 2.45) is 0 Å². The molecule has 12 heavy (non-hydrogen) atoms. The first-order valence-corrected chi connectivity index (χ1v) is 5.31. The highest BCUT2D eigenvalue weighted by Gasteiger charge is 1.97. The molecule has 0 aromatic heterocycles. The standard InChI is InChI=1S/C7H13IO.C2H7N/c1-4-7(8)9-5-6(2)3;1-3-2/h7H,2,4-5H2,1,3H3;3H,1-2H3. The van der Waals surface area contributed by atoms with Crippen LogP contribution in [0, 0.1) is 0 Å². The molecule has 0 saturated heterocycles. The number of alkyl halides is 1. The Balaban J connectivity index is 0. The maximum atomic E-state index is 5.34. The predicted molar refractivity (Wildman–Crippen MR) is 63.8 cm³/mol. The van der Waals surface area contributed by atoms with Gasteiger partial charge in [-0.1, -0.05) is 41.7 Å². The van der Waals surface area contributed by atoms with Crippen molar-refractivity contribution in [3.8, 4) is 0 Å². The van der Waals surface area contributed by atoms with Crippen molar-refractivity contribution in [3.05, 3.63) is 12.2 Å². The average molecular weight is 285 g/mol. The summed E-state index contributed by atoms with van der Waals surface area (Å²) in [6.07, 6.45) is 1.06. The fraction of sp³-hybridized carbons (Fsp3) is 0.778. The van der Waals surface area contributed by atoms with Crippen LogP contribution in [0.3, 0.4) is 0 Å². The molecular formula is C9H20INO. The quantitative estimate of drug-likeness (QED) is 0.487. The first-order valence-electron chi connectivity index (χ1n) is 4.07. The highest BCUT2D eigenvalue weighted by molar-refractivity contribution is 14.1. The first-order chi connectivity index (χ1) is 5.58. The third kappa shape index (κ3) is 16.8. The molecule has 1 atom stereocenters. The molecule has 2 nitrogen and oxygen atoms in total. The Kier molecular flexibility index (Phi) is 14.1. The van der Waals surface area contributed by atoms with Gasteiger partial charge in [-0.25, -0.2) is 0 Å². The molecule has 3 heteroatoms. The topological polar surface area (TPSA) is 21.3 Å². The Morgan fingerprint density at radius 3 is 2.25 bits per heavy atom. The summed E-state index contributed by atoms with van der Waals surface area (Å²) < 4.78 is 5.69. The van der Waals surface area contributed by atoms with Crippen molar-refractivity contribution < 1.29 is 4.74 Å². The molecule has 0 aliphatic rings. The number of ether oxygens (including phenoxy) is 1. The molecule has 0 rings (SSSR count). The van der Waals surface area contributed by atoms with Crippen molar-refractivity contribution >= 4 is 22.6 Å². The van der Waals surface area contributed by atoms with Crippen LogP contribution in [0.25, 0.3) is 0 Å². The molecule has 0 bridgehead atoms. The van der Waals surface area contributed by atoms with E-state index in [9.17, 15) is 0 Å². The Bertz CT molecular complexity index is 107. The molecule has 0 aromatic rings. The van der Waals surface area contributed by atoms with Crippen molar-refractivity contribution in [1.29, 1.82) is 0 Å². The molecule has 0 spiro atoms. The van der Waals surface area contributed by atoms with Crippen LogP contribution in [0.4, 0.5) is 0 Å². The Labute approximate surface area is 89.9 Å². The molecular weight excluding hydrogens is 265 g/mol. The Hall–Kier alpha value is 0.390. The third-order valence-electron chi connectivity index (χ3n) is 0.832. The van der Waals surface area contributed by atoms with E-state index in [2.05, 4.69) is 41.4 Å². The summed E-state index contributed by atoms with van der Waals surface area (Å²) in [5.74, 6) is 0. The van der Waals surface area contributed by atoms with E-state index < -0.39 is 0 Å². The number of hydrogen-bond acceptors (Lipinski definition) is 2. The van der Waals surface area contributed by atoms with Crippen LogP contribution in [0.2, 0.25) is 0 Å². The minimum Gasteiger partial charge on any atom is -0.364 e. The normalized spacial score (nSPS) is 11.4. The highest BCUT2D eigenvalue weighted by atomic mass is 127. The van der Waals surface area contributed by atoms with Gasteiger partial charge in [0.1, 0.15) is 4.11 Å². The lowest BCUT2D eigenvalue weighted by Gasteiger charge is -2.07. The van der Waals surface area contributed by atoms with Gasteiger partial charge in [0.25, 0.3) is 0 Å². The van der Waals surface area contributed by atoms with E-state index in [1.807, 2.05) is 21.0 Å². The second-order valence-electron chi connectivity index (χ2n) is 2.59. The summed E-state index contributed by atoms with van der Waals surface area (Å²) in [5.41, 5.74) is 1.09. The van der Waals surface area contributed by atoms with Gasteiger partial charge < -0.3 is 10.1 Å². The van der Waals surface area contributed by atoms with Gasteiger partial charge in [0.15, 0.2) is 0 Å². The van der Waals surface area contributed by atoms with Gasteiger partial charge in [0.2, 0.25) is 0 Å². The van der Waals surface area contributed by atoms with Gasteiger partial charge >= 0.3 is 0 Å². The number of halogens is 1. The minimum atomic E-state index is 0.347. The zero-order valence-corrected chi connectivity index (χ0v) is 10.6. The van der Waals surface area contributed by atoms with E-state index in [1.54, 1.807) is 0 Å². The number of rotatable bonds is 4. The average Bonchev–Trinajstić information content (AvgIpc) is 2.01. The van der Waals surface area contributed by atoms with Crippen LogP contribution < -0.4 is 5.32 Å². The predicted octanol–water partition coefficient (Wildman–Crippen LogP) is 2.59. The van der Waals surface area contributed by atoms with Gasteiger partial charge in [0.05, 0.1) is 6.61 Å². The summed E-state index contributed by atoms with van der Waals surface area (Å²) >= 11 is 2.28. The fourth-order valence-electron chi connectivity index (χ4n) is 0.351. The summed E-state index contributed by atoms with van der Waals surface area (Å²) in [7, 11) is 3.75. The maximum absolute atomic E-state index is 5.34. The van der Waals surface area contributed by atoms with E-state index in [1.165, 1.54) is 0 Å². The van der Waals surface area contributed by atoms with Gasteiger partial charge in [-0.05, 0) is 27.4 Å². The molecule has 1 N–H and O–H groups in total. The van der Waals surface area contributed by atoms with Gasteiger partial charge in [-0.15, -0.1) is 0 Å². The molecule has 0 amide bonds. The lowest BCUT2D eigenvalue weighted by molar-refractivity contribution is 0.142. The number of hydrogen-bond donors (Lipinski definition) is 1. The maximum Gasteiger partial charge on any atom is 0.109 e. The smallest absolute Gasteiger partial charge is 0.109 e. The molecule has 0 aliphatic carbocycles. The SMILES string of the molecule is C=C(C)COC(I)CC.CNC. The Morgan fingerprint density at radius 1 is 1.58 bits per heavy atom. The molecule has 0 fully saturated rings. The molecule has 0 aliphatic heterocycles. The molecule has 1 unspecified atom stereocenters. The summed E-state index contributed by atoms with van der Waals surface area (Å²) in [4.78, 5) is 0. The van der Waals surface area contributed by atoms with E-state index >= 15 is 0 Å². The van der Waals surface area contributed by atoms with Crippen LogP contribution in [-0.4, -0.2) is 24.8 Å². The highest BCUT2D eigenvalue weighted by Crippen LogP contribution is 2.07. The number of nitrogens with one attached hydrogen (secondary N) is 1. The summed E-state index contributed by atoms with van der Waals surface area (Å²) in [6.45, 7) is 8.51. The van der Waals surface area contributed by atoms with Crippen molar-refractivity contribution in [2.75, 3.05) is 20.7 Å². The second-order valence-corrected chi connectivity index (χ2v) is 3.98. The van der Waals surface area contributed by atoms with Gasteiger partial charge in [-0.3, -0.25) is 0 Å². The van der Waals surface area contributed by atoms with E-state index in [4.69, 9.17) is 4.74 Å². The van der Waals surface area contributed by atoms with Crippen LogP contribution in [0.1, 0.15) is 20.3 Å². The van der Waals surface area contributed by atoms with E-state index in [-0.39, 0.29) is 0 Å². The largest absolute Gasteiger partial charge is 0.364 e. The lowest BCUT2D eigenvalue weighted by Crippen LogP contribution is -2.03. The van der Waals surface area contributed by atoms with Gasteiger partial charge in [0, 0.05) is 0 Å². The van der Waals surface area contributed by atoms with E-state index in [0.29, 0.717) is 10.7 Å². The minimum absolute atomic E-state index is 0.347. The van der Waals surface area contributed by atoms with Crippen LogP contribution >= 0.6 is 22.6 Å². The van der Waals surface area contributed by atoms with Crippen LogP contribution in [0.15, 0.2) is 12.2 Å². The van der Waals surface area contributed by atoms with Crippen molar-refractivity contribution in [3.63, 3.8) is 0 Å². The third-order valence-corrected chi connectivity index (χ3v) is 2.07. The van der Waals surface area contributed by atoms with Crippen LogP contribution in [0.5, 0.6) is 0 Å². The van der Waals surface area contributed by atoms with Crippen molar-refractivity contribution in [1.82, 2.24) is 5.32 Å². The first kappa shape index (κ1) is 14.9. The summed E-state index contributed by atoms with van der Waals surface area (Å²) in [6, 6.07) is 0. The van der Waals surface area contributed by atoms with E-state index in [0.717, 1.165) is 12.0 Å². The van der Waals surface area contributed by atoms with Crippen molar-refractivity contribution in [2.45, 2.75) is 24.4 Å². The molecule has 0 saturated carbocycles. The monoisotopic (exact) mass is 285 g/mol. The zero-order chi connectivity index (χ0) is 9.98. The molecule has 0 heterocycles. The van der Waals surface area contributed by atoms with Crippen LogP contribution in [-0.2, 0) is 4.74 Å². The fourth-order valence-corrected chi connectivity index (χ4v) is 0.530. The lowest BCUT2D eigenvalue weighted by atomic mass is 10.4. The second kappa shape index (κ2) is 11.4. The molecule has 74 valence electrons. The molecule has 0 radical (unpaired) electrons.